The van der Waals surface area contributed by atoms with E-state index in [1.54, 1.807) is 0 Å². The van der Waals surface area contributed by atoms with E-state index < -0.39 is 0 Å². The Morgan fingerprint density at radius 3 is 2.31 bits per heavy atom. The van der Waals surface area contributed by atoms with Gasteiger partial charge in [0.2, 0.25) is 0 Å². The van der Waals surface area contributed by atoms with Crippen molar-refractivity contribution in [1.82, 2.24) is 4.90 Å². The van der Waals surface area contributed by atoms with Crippen LogP contribution in [-0.2, 0) is 0 Å². The zero-order chi connectivity index (χ0) is 11.4. The van der Waals surface area contributed by atoms with Crippen LogP contribution in [0.3, 0.4) is 0 Å². The van der Waals surface area contributed by atoms with E-state index in [9.17, 15) is 5.11 Å². The fourth-order valence-corrected chi connectivity index (χ4v) is 3.32. The van der Waals surface area contributed by atoms with E-state index in [1.807, 2.05) is 6.92 Å². The zero-order valence-electron chi connectivity index (χ0n) is 10.7. The fraction of sp³-hybridized carbons (Fsp3) is 1.00. The molecule has 1 aliphatic carbocycles. The summed E-state index contributed by atoms with van der Waals surface area (Å²) in [4.78, 5) is 2.61. The minimum atomic E-state index is -0.100. The molecular formula is C14H27NO. The van der Waals surface area contributed by atoms with Gasteiger partial charge in [0.1, 0.15) is 0 Å². The SMILES string of the molecule is C[C@@H](O)C1CCN(CCC2CCCC2)CC1. The number of likely N-dealkylation sites (tertiary alicyclic amines) is 1. The first kappa shape index (κ1) is 12.4. The van der Waals surface area contributed by atoms with Crippen molar-refractivity contribution < 1.29 is 5.11 Å². The van der Waals surface area contributed by atoms with Crippen molar-refractivity contribution in [3.05, 3.63) is 0 Å². The average molecular weight is 225 g/mol. The van der Waals surface area contributed by atoms with E-state index in [1.165, 1.54) is 64.6 Å². The number of hydrogen-bond donors (Lipinski definition) is 1. The van der Waals surface area contributed by atoms with E-state index in [-0.39, 0.29) is 6.10 Å². The molecule has 1 heterocycles. The van der Waals surface area contributed by atoms with Crippen molar-refractivity contribution in [3.63, 3.8) is 0 Å². The lowest BCUT2D eigenvalue weighted by Gasteiger charge is -2.33. The zero-order valence-corrected chi connectivity index (χ0v) is 10.7. The molecule has 0 aromatic heterocycles. The number of aliphatic hydroxyl groups excluding tert-OH is 1. The summed E-state index contributed by atoms with van der Waals surface area (Å²) < 4.78 is 0. The largest absolute Gasteiger partial charge is 0.393 e. The standard InChI is InChI=1S/C14H27NO/c1-12(16)14-7-10-15(11-8-14)9-6-13-4-2-3-5-13/h12-14,16H,2-11H2,1H3/t12-/m1/s1. The van der Waals surface area contributed by atoms with E-state index in [2.05, 4.69) is 4.90 Å². The molecule has 0 bridgehead atoms. The first-order valence-electron chi connectivity index (χ1n) is 7.16. The van der Waals surface area contributed by atoms with Gasteiger partial charge < -0.3 is 10.0 Å². The van der Waals surface area contributed by atoms with Gasteiger partial charge in [-0.15, -0.1) is 0 Å². The molecular weight excluding hydrogens is 198 g/mol. The Morgan fingerprint density at radius 2 is 1.75 bits per heavy atom. The predicted molar refractivity (Wildman–Crippen MR) is 67.4 cm³/mol. The van der Waals surface area contributed by atoms with Crippen molar-refractivity contribution >= 4 is 0 Å². The first-order chi connectivity index (χ1) is 7.75. The minimum Gasteiger partial charge on any atom is -0.393 e. The summed E-state index contributed by atoms with van der Waals surface area (Å²) in [5.41, 5.74) is 0. The van der Waals surface area contributed by atoms with Crippen LogP contribution in [0.2, 0.25) is 0 Å². The Morgan fingerprint density at radius 1 is 1.12 bits per heavy atom. The lowest BCUT2D eigenvalue weighted by molar-refractivity contribution is 0.0700. The number of aliphatic hydroxyl groups is 1. The number of piperidine rings is 1. The summed E-state index contributed by atoms with van der Waals surface area (Å²) >= 11 is 0. The van der Waals surface area contributed by atoms with Crippen LogP contribution in [0.4, 0.5) is 0 Å². The Labute approximate surface area is 100 Å². The molecule has 2 rings (SSSR count). The molecule has 0 aromatic carbocycles. The van der Waals surface area contributed by atoms with E-state index >= 15 is 0 Å². The number of rotatable bonds is 4. The molecule has 0 amide bonds. The second kappa shape index (κ2) is 6.02. The van der Waals surface area contributed by atoms with E-state index in [0.717, 1.165) is 5.92 Å². The maximum atomic E-state index is 9.55. The Hall–Kier alpha value is -0.0800. The van der Waals surface area contributed by atoms with Crippen LogP contribution < -0.4 is 0 Å². The number of hydrogen-bond acceptors (Lipinski definition) is 2. The van der Waals surface area contributed by atoms with Crippen molar-refractivity contribution in [3.8, 4) is 0 Å². The van der Waals surface area contributed by atoms with Crippen LogP contribution in [0.25, 0.3) is 0 Å². The molecule has 1 saturated heterocycles. The molecule has 0 spiro atoms. The molecule has 2 aliphatic rings. The Balaban J connectivity index is 1.61. The maximum absolute atomic E-state index is 9.55. The van der Waals surface area contributed by atoms with Crippen LogP contribution in [0, 0.1) is 11.8 Å². The Kier molecular flexibility index (Phi) is 4.66. The Bertz CT molecular complexity index is 191. The molecule has 1 saturated carbocycles. The monoisotopic (exact) mass is 225 g/mol. The third-order valence-corrected chi connectivity index (χ3v) is 4.64. The van der Waals surface area contributed by atoms with Crippen molar-refractivity contribution in [2.24, 2.45) is 11.8 Å². The quantitative estimate of drug-likeness (QED) is 0.795. The van der Waals surface area contributed by atoms with Crippen LogP contribution >= 0.6 is 0 Å². The summed E-state index contributed by atoms with van der Waals surface area (Å²) in [5.74, 6) is 1.58. The average Bonchev–Trinajstić information content (AvgIpc) is 2.80. The highest BCUT2D eigenvalue weighted by Gasteiger charge is 2.23. The lowest BCUT2D eigenvalue weighted by Crippen LogP contribution is -2.37. The third kappa shape index (κ3) is 3.46. The van der Waals surface area contributed by atoms with Gasteiger partial charge in [0.05, 0.1) is 6.10 Å². The summed E-state index contributed by atoms with van der Waals surface area (Å²) in [6, 6.07) is 0. The molecule has 1 atom stereocenters. The summed E-state index contributed by atoms with van der Waals surface area (Å²) in [5, 5.41) is 9.55. The van der Waals surface area contributed by atoms with Crippen molar-refractivity contribution in [1.29, 1.82) is 0 Å². The first-order valence-corrected chi connectivity index (χ1v) is 7.16. The molecule has 16 heavy (non-hydrogen) atoms. The van der Waals surface area contributed by atoms with Gasteiger partial charge in [-0.05, 0) is 57.7 Å². The molecule has 1 N–H and O–H groups in total. The molecule has 1 aliphatic heterocycles. The second-order valence-electron chi connectivity index (χ2n) is 5.86. The number of nitrogens with zero attached hydrogens (tertiary/aromatic N) is 1. The van der Waals surface area contributed by atoms with Gasteiger partial charge in [0.25, 0.3) is 0 Å². The minimum absolute atomic E-state index is 0.100. The highest BCUT2D eigenvalue weighted by atomic mass is 16.3. The van der Waals surface area contributed by atoms with Crippen LogP contribution in [0.1, 0.15) is 51.9 Å². The third-order valence-electron chi connectivity index (χ3n) is 4.64. The summed E-state index contributed by atoms with van der Waals surface area (Å²) in [6.07, 6.45) is 9.60. The lowest BCUT2D eigenvalue weighted by atomic mass is 9.92. The molecule has 2 nitrogen and oxygen atoms in total. The molecule has 94 valence electrons. The van der Waals surface area contributed by atoms with Gasteiger partial charge in [0.15, 0.2) is 0 Å². The van der Waals surface area contributed by atoms with E-state index in [0.29, 0.717) is 5.92 Å². The van der Waals surface area contributed by atoms with Gasteiger partial charge in [-0.3, -0.25) is 0 Å². The van der Waals surface area contributed by atoms with Crippen LogP contribution in [0.15, 0.2) is 0 Å². The molecule has 2 heteroatoms. The van der Waals surface area contributed by atoms with Gasteiger partial charge in [-0.2, -0.15) is 0 Å². The predicted octanol–water partition coefficient (Wildman–Crippen LogP) is 2.66. The molecule has 0 aromatic rings. The van der Waals surface area contributed by atoms with Gasteiger partial charge >= 0.3 is 0 Å². The normalized spacial score (nSPS) is 27.4. The summed E-state index contributed by atoms with van der Waals surface area (Å²) in [7, 11) is 0. The van der Waals surface area contributed by atoms with E-state index in [4.69, 9.17) is 0 Å². The van der Waals surface area contributed by atoms with Crippen molar-refractivity contribution in [2.75, 3.05) is 19.6 Å². The highest BCUT2D eigenvalue weighted by molar-refractivity contribution is 4.76. The second-order valence-corrected chi connectivity index (χ2v) is 5.86. The van der Waals surface area contributed by atoms with Crippen LogP contribution in [0.5, 0.6) is 0 Å². The molecule has 0 radical (unpaired) electrons. The van der Waals surface area contributed by atoms with Gasteiger partial charge in [0, 0.05) is 0 Å². The van der Waals surface area contributed by atoms with Crippen molar-refractivity contribution in [2.45, 2.75) is 58.0 Å². The van der Waals surface area contributed by atoms with Gasteiger partial charge in [-0.1, -0.05) is 25.7 Å². The smallest absolute Gasteiger partial charge is 0.0541 e. The highest BCUT2D eigenvalue weighted by Crippen LogP contribution is 2.28. The topological polar surface area (TPSA) is 23.5 Å². The summed E-state index contributed by atoms with van der Waals surface area (Å²) in [6.45, 7) is 5.67. The molecule has 0 unspecified atom stereocenters. The maximum Gasteiger partial charge on any atom is 0.0541 e. The molecule has 2 fully saturated rings. The van der Waals surface area contributed by atoms with Gasteiger partial charge in [-0.25, -0.2) is 0 Å². The van der Waals surface area contributed by atoms with Crippen LogP contribution in [-0.4, -0.2) is 35.7 Å². The fourth-order valence-electron chi connectivity index (χ4n) is 3.32.